The number of carbonyl (C=O) groups excluding carboxylic acids is 10. The minimum absolute atomic E-state index is 0.00268. The number of nitrogens with zero attached hydrogens (tertiary/aromatic N) is 1. The van der Waals surface area contributed by atoms with Crippen LogP contribution in [0.3, 0.4) is 0 Å². The van der Waals surface area contributed by atoms with Gasteiger partial charge in [0.15, 0.2) is 12.4 Å². The zero-order valence-corrected chi connectivity index (χ0v) is 59.2. The number of epoxide rings is 1. The van der Waals surface area contributed by atoms with Crippen LogP contribution in [-0.2, 0) is 99.5 Å². The van der Waals surface area contributed by atoms with Crippen LogP contribution in [0.5, 0.6) is 5.75 Å². The molecular weight excluding hydrogens is 1350 g/mol. The summed E-state index contributed by atoms with van der Waals surface area (Å²) in [4.78, 5) is 149. The summed E-state index contributed by atoms with van der Waals surface area (Å²) in [6.07, 6.45) is -10.8. The van der Waals surface area contributed by atoms with Gasteiger partial charge in [-0.2, -0.15) is 8.42 Å². The average Bonchev–Trinajstić information content (AvgIpc) is 1.63. The van der Waals surface area contributed by atoms with Gasteiger partial charge in [-0.1, -0.05) is 82.6 Å². The van der Waals surface area contributed by atoms with Gasteiger partial charge < -0.3 is 85.6 Å². The van der Waals surface area contributed by atoms with Gasteiger partial charge in [0.1, 0.15) is 66.3 Å². The lowest BCUT2D eigenvalue weighted by Crippen LogP contribution is -2.60. The maximum absolute atomic E-state index is 14.2. The third kappa shape index (κ3) is 26.7. The van der Waals surface area contributed by atoms with Gasteiger partial charge in [-0.05, 0) is 79.8 Å². The maximum atomic E-state index is 14.2. The highest BCUT2D eigenvalue weighted by atomic mass is 35.5. The van der Waals surface area contributed by atoms with Crippen molar-refractivity contribution in [2.24, 2.45) is 23.2 Å². The van der Waals surface area contributed by atoms with Crippen LogP contribution >= 0.6 is 11.6 Å². The van der Waals surface area contributed by atoms with Crippen LogP contribution < -0.4 is 36.6 Å². The molecule has 13 atom stereocenters. The SMILES string of the molecule is COc1ccc(C[C@H]2NC(=O)/C=C/C[C@@H]([C@H](C)[C@H]3O[C@@H]3c3ccc(CNC(=O)[C@H](CCC(=O)NC[C@H]4O[C@@H](OC)[C@H](O)[C@@H](O)[C@@H]4O)NC(=O)[C@@H](NC(=O)CCN(CCC(=O)O)C(=O)CCC(=O)CCCS(=O)(=O)O)C(C)C)cc3)OC(=O)[C@H](CC(C)C)OC(=O)C(C)(C)CNC2=O)cc1Cl. The lowest BCUT2D eigenvalue weighted by Gasteiger charge is -2.39. The molecule has 0 saturated carbocycles. The first-order valence-electron chi connectivity index (χ1n) is 33.1. The van der Waals surface area contributed by atoms with E-state index in [1.807, 2.05) is 13.8 Å². The second-order valence-corrected chi connectivity index (χ2v) is 28.4. The van der Waals surface area contributed by atoms with Gasteiger partial charge in [-0.3, -0.25) is 52.5 Å². The number of carboxylic acid groups (broad SMARTS) is 1. The van der Waals surface area contributed by atoms with Crippen molar-refractivity contribution in [2.75, 3.05) is 46.2 Å². The van der Waals surface area contributed by atoms with Crippen molar-refractivity contribution in [1.82, 2.24) is 36.8 Å². The Kier molecular flexibility index (Phi) is 32.3. The number of hydrogen-bond donors (Lipinski definition) is 11. The number of cyclic esters (lactones) is 2. The van der Waals surface area contributed by atoms with Crippen LogP contribution in [0.15, 0.2) is 54.6 Å². The number of aliphatic carboxylic acids is 1. The molecule has 2 aromatic carbocycles. The predicted molar refractivity (Wildman–Crippen MR) is 356 cm³/mol. The van der Waals surface area contributed by atoms with Gasteiger partial charge in [0.25, 0.3) is 10.1 Å². The zero-order valence-electron chi connectivity index (χ0n) is 57.6. The summed E-state index contributed by atoms with van der Waals surface area (Å²) >= 11 is 6.40. The maximum Gasteiger partial charge on any atom is 0.347 e. The Labute approximate surface area is 585 Å². The molecule has 0 spiro atoms. The molecule has 33 heteroatoms. The van der Waals surface area contributed by atoms with E-state index >= 15 is 0 Å². The minimum Gasteiger partial charge on any atom is -0.495 e. The van der Waals surface area contributed by atoms with Gasteiger partial charge in [-0.15, -0.1) is 0 Å². The second kappa shape index (κ2) is 38.9. The summed E-state index contributed by atoms with van der Waals surface area (Å²) in [5.74, 6) is -9.85. The highest BCUT2D eigenvalue weighted by Crippen LogP contribution is 2.45. The number of amides is 7. The van der Waals surface area contributed by atoms with Crippen molar-refractivity contribution < 1.29 is 115 Å². The molecule has 2 aromatic rings. The largest absolute Gasteiger partial charge is 0.495 e. The summed E-state index contributed by atoms with van der Waals surface area (Å²) in [7, 11) is -1.66. The molecule has 3 aliphatic heterocycles. The Morgan fingerprint density at radius 1 is 0.800 bits per heavy atom. The summed E-state index contributed by atoms with van der Waals surface area (Å²) in [6, 6.07) is 7.99. The smallest absolute Gasteiger partial charge is 0.347 e. The molecule has 100 heavy (non-hydrogen) atoms. The van der Waals surface area contributed by atoms with E-state index in [0.29, 0.717) is 22.4 Å². The number of halogens is 1. The first kappa shape index (κ1) is 83.0. The molecular formula is C67H96ClN7O24S. The van der Waals surface area contributed by atoms with E-state index in [4.69, 9.17) is 44.6 Å². The summed E-state index contributed by atoms with van der Waals surface area (Å²) < 4.78 is 65.1. The van der Waals surface area contributed by atoms with Gasteiger partial charge in [-0.25, -0.2) is 4.79 Å². The standard InChI is InChI=1S/C67H96ClN7O24S/c1-36(2)30-48-64(89)96-46(13-10-14-51(78)72-45(32-40-17-22-47(94-8)43(68)31-40)62(87)71-35-67(6,7)66(90)98-48)38(5)59-60(99-59)41-18-15-39(16-19-41)33-70-61(86)44(21-23-50(77)69-34-49-56(83)57(84)58(85)65(95-9)97-49)73-63(88)55(37(3)4)74-52(79)25-27-75(28-26-54(81)82)53(80)24-20-42(76)12-11-29-100(91,92)93/h10,14-19,22,31,36-38,44-46,48-49,55-60,65,83-85H,11-13,20-21,23-30,32-35H2,1-9H3,(H,69,77)(H,70,86)(H,71,87)(H,72,78)(H,73,88)(H,74,79)(H,81,82)(H,91,92,93)/b14-10+/t38-,44-,45+,46-,48-,49+,55-,56+,57-,58+,59+,60+,65+/m0/s1. The Morgan fingerprint density at radius 3 is 2.11 bits per heavy atom. The number of carbonyl (C=O) groups is 11. The molecule has 556 valence electrons. The third-order valence-electron chi connectivity index (χ3n) is 17.0. The Morgan fingerprint density at radius 2 is 1.48 bits per heavy atom. The Bertz CT molecular complexity index is 3330. The molecule has 3 aliphatic rings. The number of aliphatic hydroxyl groups excluding tert-OH is 3. The zero-order chi connectivity index (χ0) is 74.3. The van der Waals surface area contributed by atoms with E-state index in [1.54, 1.807) is 77.1 Å². The number of esters is 2. The van der Waals surface area contributed by atoms with Crippen molar-refractivity contribution in [1.29, 1.82) is 0 Å². The fourth-order valence-electron chi connectivity index (χ4n) is 10.9. The molecule has 5 rings (SSSR count). The molecule has 2 fully saturated rings. The van der Waals surface area contributed by atoms with Crippen molar-refractivity contribution in [3.63, 3.8) is 0 Å². The monoisotopic (exact) mass is 1450 g/mol. The van der Waals surface area contributed by atoms with E-state index in [1.165, 1.54) is 26.4 Å². The van der Waals surface area contributed by atoms with E-state index in [0.717, 1.165) is 4.90 Å². The number of rotatable bonds is 34. The number of carboxylic acids is 1. The minimum atomic E-state index is -4.32. The van der Waals surface area contributed by atoms with Crippen LogP contribution in [0.25, 0.3) is 0 Å². The number of methoxy groups -OCH3 is 2. The highest BCUT2D eigenvalue weighted by Gasteiger charge is 2.49. The average molecular weight is 1450 g/mol. The summed E-state index contributed by atoms with van der Waals surface area (Å²) in [5.41, 5.74) is 0.531. The first-order valence-corrected chi connectivity index (χ1v) is 35.1. The van der Waals surface area contributed by atoms with E-state index in [9.17, 15) is 81.6 Å². The molecule has 11 N–H and O–H groups in total. The van der Waals surface area contributed by atoms with Crippen LogP contribution in [0, 0.1) is 23.2 Å². The molecule has 7 amide bonds. The molecule has 31 nitrogen and oxygen atoms in total. The Balaban J connectivity index is 1.29. The second-order valence-electron chi connectivity index (χ2n) is 26.5. The molecule has 0 bridgehead atoms. The van der Waals surface area contributed by atoms with Gasteiger partial charge >= 0.3 is 17.9 Å². The summed E-state index contributed by atoms with van der Waals surface area (Å²) in [6.45, 7) is 10.4. The summed E-state index contributed by atoms with van der Waals surface area (Å²) in [5, 5.41) is 56.8. The van der Waals surface area contributed by atoms with Gasteiger partial charge in [0, 0.05) is 90.7 Å². The Hall–Kier alpha value is -7.69. The lowest BCUT2D eigenvalue weighted by molar-refractivity contribution is -0.288. The molecule has 0 aromatic heterocycles. The van der Waals surface area contributed by atoms with Crippen molar-refractivity contribution in [3.05, 3.63) is 76.3 Å². The van der Waals surface area contributed by atoms with Crippen LogP contribution in [0.2, 0.25) is 5.02 Å². The molecule has 0 unspecified atom stereocenters. The number of aliphatic hydroxyl groups is 3. The number of hydrogen-bond acceptors (Lipinski definition) is 22. The van der Waals surface area contributed by atoms with Crippen LogP contribution in [0.4, 0.5) is 0 Å². The van der Waals surface area contributed by atoms with Gasteiger partial charge in [0.2, 0.25) is 41.4 Å². The fraction of sp³-hybridized carbons (Fsp3) is 0.627. The molecule has 0 aliphatic carbocycles. The lowest BCUT2D eigenvalue weighted by atomic mass is 9.92. The number of nitrogens with one attached hydrogen (secondary N) is 6. The van der Waals surface area contributed by atoms with Crippen molar-refractivity contribution >= 4 is 86.8 Å². The third-order valence-corrected chi connectivity index (χ3v) is 18.1. The van der Waals surface area contributed by atoms with Gasteiger partial charge in [0.05, 0.1) is 35.8 Å². The van der Waals surface area contributed by atoms with Crippen LogP contribution in [0.1, 0.15) is 135 Å². The number of ether oxygens (including phenoxy) is 6. The predicted octanol–water partition coefficient (Wildman–Crippen LogP) is 1.43. The van der Waals surface area contributed by atoms with Crippen molar-refractivity contribution in [3.8, 4) is 5.75 Å². The number of ketones is 1. The molecule has 0 radical (unpaired) electrons. The topological polar surface area (TPSA) is 457 Å². The van der Waals surface area contributed by atoms with Crippen molar-refractivity contribution in [2.45, 2.75) is 199 Å². The number of benzene rings is 2. The first-order chi connectivity index (χ1) is 47.0. The van der Waals surface area contributed by atoms with Crippen LogP contribution in [-0.4, -0.2) is 217 Å². The van der Waals surface area contributed by atoms with E-state index in [-0.39, 0.29) is 88.6 Å². The quantitative estimate of drug-likeness (QED) is 0.0268. The fourth-order valence-corrected chi connectivity index (χ4v) is 11.7. The molecule has 2 saturated heterocycles. The highest BCUT2D eigenvalue weighted by molar-refractivity contribution is 7.85. The van der Waals surface area contributed by atoms with E-state index < -0.39 is 197 Å². The molecule has 3 heterocycles. The normalized spacial score (nSPS) is 24.0. The van der Waals surface area contributed by atoms with E-state index in [2.05, 4.69) is 31.9 Å². The number of Topliss-reactive ketones (excluding diaryl/α,β-unsaturated/α-hetero) is 1.